The van der Waals surface area contributed by atoms with E-state index in [0.29, 0.717) is 22.3 Å². The second-order valence-corrected chi connectivity index (χ2v) is 5.44. The van der Waals surface area contributed by atoms with E-state index in [1.54, 1.807) is 0 Å². The van der Waals surface area contributed by atoms with E-state index in [0.717, 1.165) is 5.56 Å². The molecule has 0 saturated heterocycles. The van der Waals surface area contributed by atoms with Crippen LogP contribution in [0.5, 0.6) is 0 Å². The lowest BCUT2D eigenvalue weighted by Crippen LogP contribution is -2.00. The van der Waals surface area contributed by atoms with Crippen molar-refractivity contribution in [3.8, 4) is 22.5 Å². The summed E-state index contributed by atoms with van der Waals surface area (Å²) in [5.41, 5.74) is 2.28. The first-order valence-electron chi connectivity index (χ1n) is 7.48. The number of carboxylic acid groups (broad SMARTS) is 1. The molecular formula is C19H11FN2O3. The predicted octanol–water partition coefficient (Wildman–Crippen LogP) is 4.39. The molecule has 2 aromatic heterocycles. The van der Waals surface area contributed by atoms with E-state index < -0.39 is 5.97 Å². The van der Waals surface area contributed by atoms with Gasteiger partial charge in [0.05, 0.1) is 16.6 Å². The number of benzene rings is 2. The summed E-state index contributed by atoms with van der Waals surface area (Å²) in [4.78, 5) is 16.1. The number of carbonyl (C=O) groups is 1. The number of pyridine rings is 1. The van der Waals surface area contributed by atoms with Crippen molar-refractivity contribution in [2.24, 2.45) is 0 Å². The van der Waals surface area contributed by atoms with Gasteiger partial charge in [0.1, 0.15) is 11.5 Å². The highest BCUT2D eigenvalue weighted by Crippen LogP contribution is 2.32. The standard InChI is InChI=1S/C19H11FN2O3/c20-13-8-6-11(7-9-13)15-10-14(19(23)24)16-17(22-25-18(16)21-15)12-4-2-1-3-5-12/h1-10H,(H,23,24). The number of carboxylic acids is 1. The van der Waals surface area contributed by atoms with Crippen molar-refractivity contribution in [2.45, 2.75) is 0 Å². The van der Waals surface area contributed by atoms with Gasteiger partial charge in [-0.3, -0.25) is 0 Å². The van der Waals surface area contributed by atoms with E-state index in [9.17, 15) is 14.3 Å². The van der Waals surface area contributed by atoms with Crippen LogP contribution in [0, 0.1) is 5.82 Å². The lowest BCUT2D eigenvalue weighted by atomic mass is 10.0. The molecule has 0 bridgehead atoms. The quantitative estimate of drug-likeness (QED) is 0.601. The van der Waals surface area contributed by atoms with Gasteiger partial charge >= 0.3 is 5.97 Å². The van der Waals surface area contributed by atoms with Gasteiger partial charge in [0.15, 0.2) is 0 Å². The van der Waals surface area contributed by atoms with Gasteiger partial charge in [-0.05, 0) is 30.3 Å². The molecule has 0 unspecified atom stereocenters. The molecule has 4 aromatic rings. The van der Waals surface area contributed by atoms with Gasteiger partial charge < -0.3 is 9.63 Å². The third-order valence-electron chi connectivity index (χ3n) is 3.86. The van der Waals surface area contributed by atoms with Crippen LogP contribution in [0.4, 0.5) is 4.39 Å². The Labute approximate surface area is 141 Å². The Hall–Kier alpha value is -3.54. The van der Waals surface area contributed by atoms with E-state index in [4.69, 9.17) is 4.52 Å². The fourth-order valence-corrected chi connectivity index (χ4v) is 2.68. The molecule has 0 aliphatic heterocycles. The van der Waals surface area contributed by atoms with Gasteiger partial charge in [0.2, 0.25) is 0 Å². The van der Waals surface area contributed by atoms with Crippen LogP contribution in [0.1, 0.15) is 10.4 Å². The summed E-state index contributed by atoms with van der Waals surface area (Å²) >= 11 is 0. The minimum Gasteiger partial charge on any atom is -0.478 e. The molecule has 122 valence electrons. The maximum absolute atomic E-state index is 13.1. The Bertz CT molecular complexity index is 1070. The van der Waals surface area contributed by atoms with Gasteiger partial charge in [-0.1, -0.05) is 35.5 Å². The highest BCUT2D eigenvalue weighted by atomic mass is 19.1. The molecule has 4 rings (SSSR count). The summed E-state index contributed by atoms with van der Waals surface area (Å²) in [6.45, 7) is 0. The third-order valence-corrected chi connectivity index (χ3v) is 3.86. The Balaban J connectivity index is 1.97. The van der Waals surface area contributed by atoms with E-state index in [1.807, 2.05) is 30.3 Å². The summed E-state index contributed by atoms with van der Waals surface area (Å²) < 4.78 is 18.4. The molecular weight excluding hydrogens is 323 g/mol. The Morgan fingerprint density at radius 3 is 2.40 bits per heavy atom. The number of aromatic carboxylic acids is 1. The van der Waals surface area contributed by atoms with Gasteiger partial charge in [-0.2, -0.15) is 0 Å². The second-order valence-electron chi connectivity index (χ2n) is 5.44. The van der Waals surface area contributed by atoms with E-state index in [2.05, 4.69) is 10.1 Å². The number of rotatable bonds is 3. The number of aromatic nitrogens is 2. The van der Waals surface area contributed by atoms with E-state index >= 15 is 0 Å². The normalized spacial score (nSPS) is 10.9. The zero-order chi connectivity index (χ0) is 17.4. The minimum absolute atomic E-state index is 0.0319. The average Bonchev–Trinajstić information content (AvgIpc) is 3.06. The smallest absolute Gasteiger partial charge is 0.336 e. The molecule has 0 spiro atoms. The van der Waals surface area contributed by atoms with Gasteiger partial charge in [-0.25, -0.2) is 14.2 Å². The van der Waals surface area contributed by atoms with Crippen molar-refractivity contribution in [3.63, 3.8) is 0 Å². The van der Waals surface area contributed by atoms with E-state index in [1.165, 1.54) is 30.3 Å². The number of fused-ring (bicyclic) bond motifs is 1. The summed E-state index contributed by atoms with van der Waals surface area (Å²) in [6, 6.07) is 16.2. The van der Waals surface area contributed by atoms with Crippen LogP contribution in [-0.2, 0) is 0 Å². The average molecular weight is 334 g/mol. The lowest BCUT2D eigenvalue weighted by molar-refractivity contribution is 0.0699. The molecule has 1 N–H and O–H groups in total. The molecule has 25 heavy (non-hydrogen) atoms. The minimum atomic E-state index is -1.11. The first kappa shape index (κ1) is 15.0. The first-order chi connectivity index (χ1) is 12.1. The topological polar surface area (TPSA) is 76.2 Å². The number of hydrogen-bond donors (Lipinski definition) is 1. The second kappa shape index (κ2) is 5.83. The monoisotopic (exact) mass is 334 g/mol. The maximum Gasteiger partial charge on any atom is 0.336 e. The molecule has 0 fully saturated rings. The maximum atomic E-state index is 13.1. The largest absolute Gasteiger partial charge is 0.478 e. The van der Waals surface area contributed by atoms with Gasteiger partial charge in [0, 0.05) is 11.1 Å². The number of halogens is 1. The summed E-state index contributed by atoms with van der Waals surface area (Å²) in [7, 11) is 0. The van der Waals surface area contributed by atoms with Crippen molar-refractivity contribution < 1.29 is 18.8 Å². The van der Waals surface area contributed by atoms with Crippen molar-refractivity contribution in [2.75, 3.05) is 0 Å². The van der Waals surface area contributed by atoms with Crippen LogP contribution in [0.3, 0.4) is 0 Å². The van der Waals surface area contributed by atoms with Gasteiger partial charge in [-0.15, -0.1) is 0 Å². The third kappa shape index (κ3) is 2.63. The lowest BCUT2D eigenvalue weighted by Gasteiger charge is -2.04. The molecule has 0 aliphatic carbocycles. The Morgan fingerprint density at radius 2 is 1.72 bits per heavy atom. The molecule has 0 amide bonds. The van der Waals surface area contributed by atoms with Crippen LogP contribution in [0.15, 0.2) is 65.2 Å². The van der Waals surface area contributed by atoms with Gasteiger partial charge in [0.25, 0.3) is 5.71 Å². The predicted molar refractivity (Wildman–Crippen MR) is 89.6 cm³/mol. The molecule has 0 atom stereocenters. The van der Waals surface area contributed by atoms with E-state index in [-0.39, 0.29) is 17.1 Å². The van der Waals surface area contributed by atoms with Crippen LogP contribution in [-0.4, -0.2) is 21.2 Å². The highest BCUT2D eigenvalue weighted by molar-refractivity contribution is 6.07. The number of nitrogens with zero attached hydrogens (tertiary/aromatic N) is 2. The Morgan fingerprint density at radius 1 is 1.00 bits per heavy atom. The SMILES string of the molecule is O=C(O)c1cc(-c2ccc(F)cc2)nc2onc(-c3ccccc3)c12. The zero-order valence-electron chi connectivity index (χ0n) is 12.8. The van der Waals surface area contributed by atoms with Crippen molar-refractivity contribution in [1.29, 1.82) is 0 Å². The van der Waals surface area contributed by atoms with Crippen molar-refractivity contribution in [3.05, 3.63) is 72.0 Å². The summed E-state index contributed by atoms with van der Waals surface area (Å²) in [5, 5.41) is 14.0. The molecule has 0 aliphatic rings. The van der Waals surface area contributed by atoms with Crippen LogP contribution in [0.2, 0.25) is 0 Å². The fourth-order valence-electron chi connectivity index (χ4n) is 2.68. The first-order valence-corrected chi connectivity index (χ1v) is 7.48. The van der Waals surface area contributed by atoms with Crippen LogP contribution in [0.25, 0.3) is 33.6 Å². The summed E-state index contributed by atoms with van der Waals surface area (Å²) in [6.07, 6.45) is 0. The highest BCUT2D eigenvalue weighted by Gasteiger charge is 2.21. The number of hydrogen-bond acceptors (Lipinski definition) is 4. The Kier molecular flexibility index (Phi) is 3.50. The summed E-state index contributed by atoms with van der Waals surface area (Å²) in [5.74, 6) is -1.49. The van der Waals surface area contributed by atoms with Crippen LogP contribution < -0.4 is 0 Å². The molecule has 2 aromatic carbocycles. The zero-order valence-corrected chi connectivity index (χ0v) is 12.8. The van der Waals surface area contributed by atoms with Crippen LogP contribution >= 0.6 is 0 Å². The van der Waals surface area contributed by atoms with Crippen molar-refractivity contribution in [1.82, 2.24) is 10.1 Å². The van der Waals surface area contributed by atoms with Crippen molar-refractivity contribution >= 4 is 17.1 Å². The molecule has 2 heterocycles. The molecule has 0 radical (unpaired) electrons. The molecule has 6 heteroatoms. The molecule has 0 saturated carbocycles. The fraction of sp³-hybridized carbons (Fsp3) is 0. The molecule has 5 nitrogen and oxygen atoms in total.